The summed E-state index contributed by atoms with van der Waals surface area (Å²) < 4.78 is 39.9. The molecule has 0 heterocycles. The average Bonchev–Trinajstić information content (AvgIpc) is 2.08. The van der Waals surface area contributed by atoms with Crippen LogP contribution in [0.2, 0.25) is 0 Å². The van der Waals surface area contributed by atoms with Gasteiger partial charge in [-0.15, -0.1) is 0 Å². The van der Waals surface area contributed by atoms with Crippen LogP contribution in [0.3, 0.4) is 0 Å². The van der Waals surface area contributed by atoms with Gasteiger partial charge in [0.1, 0.15) is 26.6 Å². The summed E-state index contributed by atoms with van der Waals surface area (Å²) in [6, 6.07) is 0. The zero-order valence-electron chi connectivity index (χ0n) is 6.23. The monoisotopic (exact) mass is 186 g/mol. The fraction of sp³-hybridized carbons (Fsp3) is 0.833. The Bertz CT molecular complexity index is 139. The van der Waals surface area contributed by atoms with Gasteiger partial charge >= 0.3 is 6.16 Å². The fourth-order valence-corrected chi connectivity index (χ4v) is 0.438. The molecule has 0 rings (SSSR count). The van der Waals surface area contributed by atoms with E-state index in [1.165, 1.54) is 0 Å². The molecule has 12 heavy (non-hydrogen) atoms. The first kappa shape index (κ1) is 11.1. The summed E-state index contributed by atoms with van der Waals surface area (Å²) in [4.78, 5) is 9.80. The van der Waals surface area contributed by atoms with E-state index >= 15 is 0 Å². The lowest BCUT2D eigenvalue weighted by atomic mass is 9.95. The molecule has 0 saturated carbocycles. The SMILES string of the molecule is O=C(O)OCC(CF)(CF)CF. The van der Waals surface area contributed by atoms with Crippen molar-refractivity contribution in [2.75, 3.05) is 26.6 Å². The highest BCUT2D eigenvalue weighted by molar-refractivity contribution is 5.56. The number of carbonyl (C=O) groups is 1. The van der Waals surface area contributed by atoms with Gasteiger partial charge in [0.2, 0.25) is 0 Å². The van der Waals surface area contributed by atoms with Crippen LogP contribution in [0.1, 0.15) is 0 Å². The Morgan fingerprint density at radius 1 is 1.25 bits per heavy atom. The van der Waals surface area contributed by atoms with Crippen molar-refractivity contribution in [1.29, 1.82) is 0 Å². The maximum Gasteiger partial charge on any atom is 0.505 e. The number of alkyl halides is 3. The van der Waals surface area contributed by atoms with Gasteiger partial charge < -0.3 is 9.84 Å². The van der Waals surface area contributed by atoms with E-state index in [1.807, 2.05) is 0 Å². The normalized spacial score (nSPS) is 11.2. The van der Waals surface area contributed by atoms with Crippen molar-refractivity contribution in [3.05, 3.63) is 0 Å². The molecule has 0 aliphatic rings. The molecule has 0 aliphatic carbocycles. The van der Waals surface area contributed by atoms with Gasteiger partial charge in [-0.2, -0.15) is 0 Å². The van der Waals surface area contributed by atoms with Crippen LogP contribution in [0.5, 0.6) is 0 Å². The third-order valence-electron chi connectivity index (χ3n) is 1.35. The maximum atomic E-state index is 12.0. The molecule has 0 fully saturated rings. The van der Waals surface area contributed by atoms with Gasteiger partial charge in [0.25, 0.3) is 0 Å². The number of carboxylic acid groups (broad SMARTS) is 1. The van der Waals surface area contributed by atoms with E-state index in [2.05, 4.69) is 4.74 Å². The van der Waals surface area contributed by atoms with E-state index < -0.39 is 38.2 Å². The van der Waals surface area contributed by atoms with Gasteiger partial charge in [-0.25, -0.2) is 4.79 Å². The maximum absolute atomic E-state index is 12.0. The Kier molecular flexibility index (Phi) is 4.46. The smallest absolute Gasteiger partial charge is 0.450 e. The molecule has 0 atom stereocenters. The zero-order valence-corrected chi connectivity index (χ0v) is 6.23. The van der Waals surface area contributed by atoms with Crippen LogP contribution in [0.25, 0.3) is 0 Å². The van der Waals surface area contributed by atoms with E-state index in [9.17, 15) is 18.0 Å². The van der Waals surface area contributed by atoms with Crippen LogP contribution in [0.4, 0.5) is 18.0 Å². The Balaban J connectivity index is 4.01. The Morgan fingerprint density at radius 2 is 1.67 bits per heavy atom. The van der Waals surface area contributed by atoms with Crippen molar-refractivity contribution < 1.29 is 27.8 Å². The summed E-state index contributed by atoms with van der Waals surface area (Å²) in [7, 11) is 0. The van der Waals surface area contributed by atoms with E-state index in [1.54, 1.807) is 0 Å². The Hall–Kier alpha value is -0.940. The predicted octanol–water partition coefficient (Wildman–Crippen LogP) is 1.58. The first-order valence-corrected chi connectivity index (χ1v) is 3.14. The minimum absolute atomic E-state index is 0.800. The molecule has 0 aromatic rings. The highest BCUT2D eigenvalue weighted by atomic mass is 19.1. The first-order valence-electron chi connectivity index (χ1n) is 3.14. The number of hydrogen-bond acceptors (Lipinski definition) is 2. The van der Waals surface area contributed by atoms with Crippen LogP contribution >= 0.6 is 0 Å². The quantitative estimate of drug-likeness (QED) is 0.663. The fourth-order valence-electron chi connectivity index (χ4n) is 0.438. The molecular weight excluding hydrogens is 177 g/mol. The molecule has 0 aromatic carbocycles. The summed E-state index contributed by atoms with van der Waals surface area (Å²) in [6.45, 7) is -4.65. The zero-order chi connectivity index (χ0) is 9.61. The van der Waals surface area contributed by atoms with Crippen LogP contribution in [-0.2, 0) is 4.74 Å². The minimum Gasteiger partial charge on any atom is -0.450 e. The highest BCUT2D eigenvalue weighted by Gasteiger charge is 2.32. The van der Waals surface area contributed by atoms with Gasteiger partial charge in [-0.3, -0.25) is 13.2 Å². The molecule has 0 aromatic heterocycles. The summed E-state index contributed by atoms with van der Waals surface area (Å²) in [6.07, 6.45) is -1.67. The van der Waals surface area contributed by atoms with Crippen molar-refractivity contribution in [1.82, 2.24) is 0 Å². The van der Waals surface area contributed by atoms with Crippen LogP contribution in [0, 0.1) is 5.41 Å². The minimum atomic E-state index is -1.95. The summed E-state index contributed by atoms with van der Waals surface area (Å²) in [5.41, 5.74) is -1.95. The van der Waals surface area contributed by atoms with E-state index in [-0.39, 0.29) is 0 Å². The molecule has 0 bridgehead atoms. The largest absolute Gasteiger partial charge is 0.505 e. The van der Waals surface area contributed by atoms with Crippen LogP contribution < -0.4 is 0 Å². The molecular formula is C6H9F3O3. The predicted molar refractivity (Wildman–Crippen MR) is 34.3 cm³/mol. The first-order chi connectivity index (χ1) is 5.60. The average molecular weight is 186 g/mol. The van der Waals surface area contributed by atoms with E-state index in [4.69, 9.17) is 5.11 Å². The van der Waals surface area contributed by atoms with Crippen LogP contribution in [0.15, 0.2) is 0 Å². The van der Waals surface area contributed by atoms with Gasteiger partial charge in [-0.1, -0.05) is 0 Å². The van der Waals surface area contributed by atoms with Gasteiger partial charge in [0.15, 0.2) is 0 Å². The molecule has 0 aliphatic heterocycles. The lowest BCUT2D eigenvalue weighted by Crippen LogP contribution is -2.35. The van der Waals surface area contributed by atoms with E-state index in [0.29, 0.717) is 0 Å². The molecule has 1 N–H and O–H groups in total. The number of rotatable bonds is 5. The number of halogens is 3. The Labute approximate surface area is 67.1 Å². The standard InChI is InChI=1S/C6H9F3O3/c7-1-6(2-8,3-9)4-12-5(10)11/h1-4H2,(H,10,11). The molecule has 72 valence electrons. The molecule has 0 saturated heterocycles. The van der Waals surface area contributed by atoms with Gasteiger partial charge in [0, 0.05) is 0 Å². The van der Waals surface area contributed by atoms with Crippen molar-refractivity contribution in [2.24, 2.45) is 5.41 Å². The molecule has 6 heteroatoms. The number of hydrogen-bond donors (Lipinski definition) is 1. The summed E-state index contributed by atoms with van der Waals surface area (Å²) >= 11 is 0. The van der Waals surface area contributed by atoms with Crippen molar-refractivity contribution >= 4 is 6.16 Å². The number of ether oxygens (including phenoxy) is 1. The second-order valence-electron chi connectivity index (χ2n) is 2.46. The third kappa shape index (κ3) is 2.98. The van der Waals surface area contributed by atoms with Crippen molar-refractivity contribution in [3.8, 4) is 0 Å². The molecule has 0 spiro atoms. The van der Waals surface area contributed by atoms with E-state index in [0.717, 1.165) is 0 Å². The molecule has 3 nitrogen and oxygen atoms in total. The highest BCUT2D eigenvalue weighted by Crippen LogP contribution is 2.20. The summed E-state index contributed by atoms with van der Waals surface area (Å²) in [5.74, 6) is 0. The molecule has 0 amide bonds. The summed E-state index contributed by atoms with van der Waals surface area (Å²) in [5, 5.41) is 7.97. The molecule has 0 radical (unpaired) electrons. The third-order valence-corrected chi connectivity index (χ3v) is 1.35. The lowest BCUT2D eigenvalue weighted by Gasteiger charge is -2.22. The van der Waals surface area contributed by atoms with Crippen molar-refractivity contribution in [2.45, 2.75) is 0 Å². The van der Waals surface area contributed by atoms with Crippen molar-refractivity contribution in [3.63, 3.8) is 0 Å². The second kappa shape index (κ2) is 4.84. The Morgan fingerprint density at radius 3 is 1.92 bits per heavy atom. The lowest BCUT2D eigenvalue weighted by molar-refractivity contribution is 0.00855. The van der Waals surface area contributed by atoms with Gasteiger partial charge in [-0.05, 0) is 0 Å². The van der Waals surface area contributed by atoms with Gasteiger partial charge in [0.05, 0.1) is 5.41 Å². The molecule has 0 unspecified atom stereocenters. The second-order valence-corrected chi connectivity index (χ2v) is 2.46. The van der Waals surface area contributed by atoms with Crippen LogP contribution in [-0.4, -0.2) is 37.9 Å². The topological polar surface area (TPSA) is 46.5 Å².